The Kier molecular flexibility index (Phi) is 7.81. The van der Waals surface area contributed by atoms with Crippen molar-refractivity contribution in [1.82, 2.24) is 9.21 Å². The number of rotatable bonds is 7. The molecule has 0 spiro atoms. The smallest absolute Gasteiger partial charge is 0.238 e. The molecule has 6 nitrogen and oxygen atoms in total. The summed E-state index contributed by atoms with van der Waals surface area (Å²) >= 11 is 7.52. The van der Waals surface area contributed by atoms with Gasteiger partial charge in [-0.1, -0.05) is 35.5 Å². The molecule has 30 heavy (non-hydrogen) atoms. The molecular weight excluding hydrogens is 442 g/mol. The SMILES string of the molecule is CN(C1CCN(CC(=O)Nc2ccccc2Sc2ccc(Cl)cc2)CC1)S(C)(=O)=O. The molecule has 1 fully saturated rings. The van der Waals surface area contributed by atoms with E-state index in [9.17, 15) is 13.2 Å². The molecule has 0 bridgehead atoms. The summed E-state index contributed by atoms with van der Waals surface area (Å²) in [6.45, 7) is 1.67. The Balaban J connectivity index is 1.55. The molecule has 1 saturated heterocycles. The van der Waals surface area contributed by atoms with Gasteiger partial charge in [-0.15, -0.1) is 0 Å². The van der Waals surface area contributed by atoms with Crippen molar-refractivity contribution in [2.75, 3.05) is 38.3 Å². The zero-order chi connectivity index (χ0) is 21.7. The van der Waals surface area contributed by atoms with Crippen LogP contribution in [-0.2, 0) is 14.8 Å². The lowest BCUT2D eigenvalue weighted by atomic mass is 10.1. The number of benzene rings is 2. The molecule has 2 aromatic carbocycles. The van der Waals surface area contributed by atoms with Gasteiger partial charge in [0, 0.05) is 41.0 Å². The highest BCUT2D eigenvalue weighted by molar-refractivity contribution is 7.99. The van der Waals surface area contributed by atoms with Crippen LogP contribution in [0.3, 0.4) is 0 Å². The van der Waals surface area contributed by atoms with E-state index >= 15 is 0 Å². The van der Waals surface area contributed by atoms with Gasteiger partial charge in [0.15, 0.2) is 0 Å². The van der Waals surface area contributed by atoms with E-state index in [0.717, 1.165) is 28.3 Å². The minimum absolute atomic E-state index is 0.00388. The molecule has 3 rings (SSSR count). The number of piperidine rings is 1. The number of sulfonamides is 1. The highest BCUT2D eigenvalue weighted by atomic mass is 35.5. The fourth-order valence-corrected chi connectivity index (χ4v) is 5.17. The van der Waals surface area contributed by atoms with E-state index < -0.39 is 10.0 Å². The number of halogens is 1. The van der Waals surface area contributed by atoms with Crippen LogP contribution in [0.15, 0.2) is 58.3 Å². The van der Waals surface area contributed by atoms with Crippen molar-refractivity contribution in [2.45, 2.75) is 28.7 Å². The van der Waals surface area contributed by atoms with Crippen molar-refractivity contribution >= 4 is 45.0 Å². The number of likely N-dealkylation sites (tertiary alicyclic amines) is 1. The average Bonchev–Trinajstić information content (AvgIpc) is 2.70. The molecule has 1 aliphatic heterocycles. The van der Waals surface area contributed by atoms with Gasteiger partial charge in [-0.3, -0.25) is 9.69 Å². The van der Waals surface area contributed by atoms with E-state index in [1.807, 2.05) is 48.5 Å². The Bertz CT molecular complexity index is 975. The maximum Gasteiger partial charge on any atom is 0.238 e. The van der Waals surface area contributed by atoms with Crippen LogP contribution in [0.2, 0.25) is 5.02 Å². The molecule has 1 aliphatic rings. The van der Waals surface area contributed by atoms with Gasteiger partial charge in [0.1, 0.15) is 0 Å². The van der Waals surface area contributed by atoms with Crippen LogP contribution in [0.25, 0.3) is 0 Å². The largest absolute Gasteiger partial charge is 0.324 e. The summed E-state index contributed by atoms with van der Waals surface area (Å²) in [6, 6.07) is 15.3. The lowest BCUT2D eigenvalue weighted by molar-refractivity contribution is -0.117. The number of hydrogen-bond acceptors (Lipinski definition) is 5. The monoisotopic (exact) mass is 467 g/mol. The van der Waals surface area contributed by atoms with Gasteiger partial charge in [0.25, 0.3) is 0 Å². The van der Waals surface area contributed by atoms with Crippen LogP contribution in [0.1, 0.15) is 12.8 Å². The number of carbonyl (C=O) groups is 1. The number of para-hydroxylation sites is 1. The number of anilines is 1. The molecule has 0 atom stereocenters. The predicted molar refractivity (Wildman–Crippen MR) is 123 cm³/mol. The maximum atomic E-state index is 12.6. The normalized spacial score (nSPS) is 16.0. The number of nitrogens with one attached hydrogen (secondary N) is 1. The third kappa shape index (κ3) is 6.46. The average molecular weight is 468 g/mol. The van der Waals surface area contributed by atoms with Crippen LogP contribution < -0.4 is 5.32 Å². The van der Waals surface area contributed by atoms with E-state index in [0.29, 0.717) is 18.1 Å². The van der Waals surface area contributed by atoms with Gasteiger partial charge in [0.05, 0.1) is 18.5 Å². The highest BCUT2D eigenvalue weighted by Gasteiger charge is 2.27. The Hall–Kier alpha value is -1.58. The first-order chi connectivity index (χ1) is 14.2. The second-order valence-corrected chi connectivity index (χ2v) is 11.0. The van der Waals surface area contributed by atoms with Crippen LogP contribution >= 0.6 is 23.4 Å². The van der Waals surface area contributed by atoms with Crippen LogP contribution in [0.5, 0.6) is 0 Å². The van der Waals surface area contributed by atoms with E-state index in [-0.39, 0.29) is 18.5 Å². The quantitative estimate of drug-likeness (QED) is 0.671. The lowest BCUT2D eigenvalue weighted by Crippen LogP contribution is -2.47. The van der Waals surface area contributed by atoms with Gasteiger partial charge >= 0.3 is 0 Å². The summed E-state index contributed by atoms with van der Waals surface area (Å²) in [6.07, 6.45) is 2.67. The molecule has 1 N–H and O–H groups in total. The molecule has 0 saturated carbocycles. The first-order valence-electron chi connectivity index (χ1n) is 9.70. The van der Waals surface area contributed by atoms with Crippen molar-refractivity contribution in [3.8, 4) is 0 Å². The second-order valence-electron chi connectivity index (χ2n) is 7.39. The topological polar surface area (TPSA) is 69.7 Å². The van der Waals surface area contributed by atoms with Crippen LogP contribution in [-0.4, -0.2) is 62.5 Å². The third-order valence-electron chi connectivity index (χ3n) is 5.16. The van der Waals surface area contributed by atoms with E-state index in [2.05, 4.69) is 10.2 Å². The molecule has 0 aromatic heterocycles. The minimum atomic E-state index is -3.19. The highest BCUT2D eigenvalue weighted by Crippen LogP contribution is 2.33. The maximum absolute atomic E-state index is 12.6. The molecule has 162 valence electrons. The summed E-state index contributed by atoms with van der Waals surface area (Å²) < 4.78 is 24.9. The third-order valence-corrected chi connectivity index (χ3v) is 7.84. The molecule has 0 unspecified atom stereocenters. The fraction of sp³-hybridized carbons (Fsp3) is 0.381. The van der Waals surface area contributed by atoms with E-state index in [4.69, 9.17) is 11.6 Å². The summed E-state index contributed by atoms with van der Waals surface area (Å²) in [5.41, 5.74) is 0.772. The summed E-state index contributed by atoms with van der Waals surface area (Å²) in [4.78, 5) is 16.7. The van der Waals surface area contributed by atoms with E-state index in [1.54, 1.807) is 18.8 Å². The summed E-state index contributed by atoms with van der Waals surface area (Å²) in [5, 5.41) is 3.70. The summed E-state index contributed by atoms with van der Waals surface area (Å²) in [7, 11) is -1.57. The van der Waals surface area contributed by atoms with Gasteiger partial charge in [-0.2, -0.15) is 0 Å². The van der Waals surface area contributed by atoms with Crippen molar-refractivity contribution in [1.29, 1.82) is 0 Å². The van der Waals surface area contributed by atoms with Gasteiger partial charge in [-0.25, -0.2) is 12.7 Å². The van der Waals surface area contributed by atoms with Gasteiger partial charge in [0.2, 0.25) is 15.9 Å². The van der Waals surface area contributed by atoms with Crippen molar-refractivity contribution < 1.29 is 13.2 Å². The van der Waals surface area contributed by atoms with Crippen molar-refractivity contribution in [2.24, 2.45) is 0 Å². The zero-order valence-electron chi connectivity index (χ0n) is 17.0. The fourth-order valence-electron chi connectivity index (χ4n) is 3.39. The molecule has 0 radical (unpaired) electrons. The molecular formula is C21H26ClN3O3S2. The Morgan fingerprint density at radius 1 is 1.17 bits per heavy atom. The second kappa shape index (κ2) is 10.2. The number of nitrogens with zero attached hydrogens (tertiary/aromatic N) is 2. The van der Waals surface area contributed by atoms with Gasteiger partial charge in [-0.05, 0) is 49.2 Å². The number of amides is 1. The molecule has 1 amide bonds. The van der Waals surface area contributed by atoms with Gasteiger partial charge < -0.3 is 5.32 Å². The molecule has 0 aliphatic carbocycles. The standard InChI is InChI=1S/C21H26ClN3O3S2/c1-24(30(2,27)28)17-11-13-25(14-12-17)15-21(26)23-19-5-3-4-6-20(19)29-18-9-7-16(22)8-10-18/h3-10,17H,11-15H2,1-2H3,(H,23,26). The molecule has 2 aromatic rings. The zero-order valence-corrected chi connectivity index (χ0v) is 19.4. The minimum Gasteiger partial charge on any atom is -0.324 e. The molecule has 1 heterocycles. The first kappa shape index (κ1) is 23.1. The molecule has 9 heteroatoms. The van der Waals surface area contributed by atoms with Crippen LogP contribution in [0, 0.1) is 0 Å². The predicted octanol–water partition coefficient (Wildman–Crippen LogP) is 3.79. The number of hydrogen-bond donors (Lipinski definition) is 1. The van der Waals surface area contributed by atoms with Crippen molar-refractivity contribution in [3.63, 3.8) is 0 Å². The Labute approximate surface area is 187 Å². The Morgan fingerprint density at radius 2 is 1.80 bits per heavy atom. The Morgan fingerprint density at radius 3 is 2.43 bits per heavy atom. The van der Waals surface area contributed by atoms with E-state index in [1.165, 1.54) is 10.6 Å². The number of carbonyl (C=O) groups excluding carboxylic acids is 1. The van der Waals surface area contributed by atoms with Crippen LogP contribution in [0.4, 0.5) is 5.69 Å². The lowest BCUT2D eigenvalue weighted by Gasteiger charge is -2.35. The van der Waals surface area contributed by atoms with Crippen molar-refractivity contribution in [3.05, 3.63) is 53.6 Å². The first-order valence-corrected chi connectivity index (χ1v) is 12.7. The summed E-state index contributed by atoms with van der Waals surface area (Å²) in [5.74, 6) is -0.0749.